The lowest BCUT2D eigenvalue weighted by Crippen LogP contribution is -2.37. The van der Waals surface area contributed by atoms with Crippen molar-refractivity contribution in [2.75, 3.05) is 36.6 Å². The molecule has 0 radical (unpaired) electrons. The zero-order valence-electron chi connectivity index (χ0n) is 14.2. The minimum absolute atomic E-state index is 0.349. The highest BCUT2D eigenvalue weighted by molar-refractivity contribution is 7.92. The Kier molecular flexibility index (Phi) is 5.87. The van der Waals surface area contributed by atoms with Gasteiger partial charge in [-0.1, -0.05) is 18.2 Å². The van der Waals surface area contributed by atoms with Crippen molar-refractivity contribution < 1.29 is 22.7 Å². The Morgan fingerprint density at radius 2 is 1.76 bits per heavy atom. The first-order chi connectivity index (χ1) is 11.8. The molecule has 0 spiro atoms. The molecule has 2 rings (SSSR count). The van der Waals surface area contributed by atoms with E-state index in [-0.39, 0.29) is 6.54 Å². The molecular weight excluding hydrogens is 344 g/mol. The van der Waals surface area contributed by atoms with Crippen molar-refractivity contribution in [3.05, 3.63) is 48.5 Å². The van der Waals surface area contributed by atoms with Crippen LogP contribution >= 0.6 is 0 Å². The highest BCUT2D eigenvalue weighted by Gasteiger charge is 2.21. The van der Waals surface area contributed by atoms with E-state index in [1.165, 1.54) is 14.2 Å². The third-order valence-corrected chi connectivity index (χ3v) is 4.56. The second-order valence-electron chi connectivity index (χ2n) is 5.22. The van der Waals surface area contributed by atoms with Crippen molar-refractivity contribution in [1.29, 1.82) is 0 Å². The predicted octanol–water partition coefficient (Wildman–Crippen LogP) is 2.11. The molecule has 0 aromatic heterocycles. The van der Waals surface area contributed by atoms with Gasteiger partial charge in [0.15, 0.2) is 0 Å². The first-order valence-corrected chi connectivity index (χ1v) is 9.24. The Bertz CT molecular complexity index is 837. The SMILES string of the molecule is COc1ccc(NC(=O)CN(c2ccccc2)S(C)(=O)=O)c(OC)c1. The third-order valence-electron chi connectivity index (χ3n) is 3.41. The fraction of sp³-hybridized carbons (Fsp3) is 0.235. The van der Waals surface area contributed by atoms with E-state index in [1.807, 2.05) is 0 Å². The number of amides is 1. The van der Waals surface area contributed by atoms with Crippen LogP contribution in [-0.4, -0.2) is 41.3 Å². The number of nitrogens with zero attached hydrogens (tertiary/aromatic N) is 1. The maximum absolute atomic E-state index is 12.4. The molecule has 0 bridgehead atoms. The number of anilines is 2. The second-order valence-corrected chi connectivity index (χ2v) is 7.13. The number of methoxy groups -OCH3 is 2. The number of ether oxygens (including phenoxy) is 2. The molecule has 0 aliphatic carbocycles. The molecular formula is C17H20N2O5S. The van der Waals surface area contributed by atoms with Crippen LogP contribution in [0.25, 0.3) is 0 Å². The van der Waals surface area contributed by atoms with Crippen LogP contribution < -0.4 is 19.1 Å². The Balaban J connectivity index is 2.20. The number of carbonyl (C=O) groups excluding carboxylic acids is 1. The summed E-state index contributed by atoms with van der Waals surface area (Å²) in [4.78, 5) is 12.4. The van der Waals surface area contributed by atoms with Crippen molar-refractivity contribution in [1.82, 2.24) is 0 Å². The van der Waals surface area contributed by atoms with Crippen molar-refractivity contribution >= 4 is 27.3 Å². The van der Waals surface area contributed by atoms with Gasteiger partial charge >= 0.3 is 0 Å². The normalized spacial score (nSPS) is 10.8. The van der Waals surface area contributed by atoms with Crippen LogP contribution in [0.2, 0.25) is 0 Å². The van der Waals surface area contributed by atoms with Gasteiger partial charge in [0.05, 0.1) is 31.9 Å². The van der Waals surface area contributed by atoms with Gasteiger partial charge in [-0.3, -0.25) is 9.10 Å². The third kappa shape index (κ3) is 4.87. The van der Waals surface area contributed by atoms with E-state index in [1.54, 1.807) is 48.5 Å². The standard InChI is InChI=1S/C17H20N2O5S/c1-23-14-9-10-15(16(11-14)24-2)18-17(20)12-19(25(3,21)22)13-7-5-4-6-8-13/h4-11H,12H2,1-3H3,(H,18,20). The number of hydrogen-bond donors (Lipinski definition) is 1. The van der Waals surface area contributed by atoms with E-state index in [2.05, 4.69) is 5.32 Å². The predicted molar refractivity (Wildman–Crippen MR) is 96.8 cm³/mol. The van der Waals surface area contributed by atoms with E-state index in [0.717, 1.165) is 10.6 Å². The number of hydrogen-bond acceptors (Lipinski definition) is 5. The molecule has 1 N–H and O–H groups in total. The molecule has 0 fully saturated rings. The number of carbonyl (C=O) groups is 1. The van der Waals surface area contributed by atoms with Gasteiger partial charge in [-0.05, 0) is 24.3 Å². The molecule has 1 amide bonds. The summed E-state index contributed by atoms with van der Waals surface area (Å²) >= 11 is 0. The van der Waals surface area contributed by atoms with E-state index in [0.29, 0.717) is 22.9 Å². The monoisotopic (exact) mass is 364 g/mol. The molecule has 25 heavy (non-hydrogen) atoms. The van der Waals surface area contributed by atoms with Crippen molar-refractivity contribution in [3.63, 3.8) is 0 Å². The Morgan fingerprint density at radius 1 is 1.08 bits per heavy atom. The largest absolute Gasteiger partial charge is 0.497 e. The molecule has 0 saturated carbocycles. The van der Waals surface area contributed by atoms with Gasteiger partial charge in [-0.25, -0.2) is 8.42 Å². The van der Waals surface area contributed by atoms with Crippen LogP contribution in [0.1, 0.15) is 0 Å². The summed E-state index contributed by atoms with van der Waals surface area (Å²) in [5, 5.41) is 2.66. The minimum atomic E-state index is -3.61. The summed E-state index contributed by atoms with van der Waals surface area (Å²) in [6.07, 6.45) is 1.06. The number of benzene rings is 2. The van der Waals surface area contributed by atoms with Gasteiger partial charge in [0.2, 0.25) is 15.9 Å². The molecule has 0 saturated heterocycles. The molecule has 0 aliphatic heterocycles. The summed E-state index contributed by atoms with van der Waals surface area (Å²) in [5.41, 5.74) is 0.844. The smallest absolute Gasteiger partial charge is 0.245 e. The molecule has 0 heterocycles. The maximum atomic E-state index is 12.4. The van der Waals surface area contributed by atoms with Gasteiger partial charge in [0, 0.05) is 6.07 Å². The Labute approximate surface area is 147 Å². The van der Waals surface area contributed by atoms with Gasteiger partial charge in [0.1, 0.15) is 18.0 Å². The summed E-state index contributed by atoms with van der Waals surface area (Å²) in [7, 11) is -0.616. The first kappa shape index (κ1) is 18.6. The van der Waals surface area contributed by atoms with Crippen molar-refractivity contribution in [3.8, 4) is 11.5 Å². The van der Waals surface area contributed by atoms with Gasteiger partial charge in [0.25, 0.3) is 0 Å². The minimum Gasteiger partial charge on any atom is -0.497 e. The van der Waals surface area contributed by atoms with E-state index in [9.17, 15) is 13.2 Å². The zero-order valence-corrected chi connectivity index (χ0v) is 15.0. The van der Waals surface area contributed by atoms with Crippen LogP contribution in [0.3, 0.4) is 0 Å². The fourth-order valence-electron chi connectivity index (χ4n) is 2.22. The molecule has 0 unspecified atom stereocenters. The van der Waals surface area contributed by atoms with Crippen LogP contribution in [0.15, 0.2) is 48.5 Å². The lowest BCUT2D eigenvalue weighted by atomic mass is 10.2. The lowest BCUT2D eigenvalue weighted by molar-refractivity contribution is -0.114. The molecule has 2 aromatic rings. The number of rotatable bonds is 7. The van der Waals surface area contributed by atoms with Crippen LogP contribution in [0.5, 0.6) is 11.5 Å². The molecule has 8 heteroatoms. The summed E-state index contributed by atoms with van der Waals surface area (Å²) in [5.74, 6) is 0.507. The Hall–Kier alpha value is -2.74. The van der Waals surface area contributed by atoms with E-state index >= 15 is 0 Å². The second kappa shape index (κ2) is 7.89. The number of sulfonamides is 1. The quantitative estimate of drug-likeness (QED) is 0.813. The molecule has 2 aromatic carbocycles. The number of nitrogens with one attached hydrogen (secondary N) is 1. The van der Waals surface area contributed by atoms with E-state index < -0.39 is 15.9 Å². The average molecular weight is 364 g/mol. The molecule has 7 nitrogen and oxygen atoms in total. The fourth-order valence-corrected chi connectivity index (χ4v) is 3.07. The van der Waals surface area contributed by atoms with Crippen molar-refractivity contribution in [2.45, 2.75) is 0 Å². The van der Waals surface area contributed by atoms with Gasteiger partial charge in [-0.15, -0.1) is 0 Å². The zero-order chi connectivity index (χ0) is 18.4. The lowest BCUT2D eigenvalue weighted by Gasteiger charge is -2.22. The number of para-hydroxylation sites is 1. The highest BCUT2D eigenvalue weighted by atomic mass is 32.2. The van der Waals surface area contributed by atoms with Crippen LogP contribution in [0, 0.1) is 0 Å². The summed E-state index contributed by atoms with van der Waals surface area (Å²) < 4.78 is 35.4. The summed E-state index contributed by atoms with van der Waals surface area (Å²) in [6, 6.07) is 13.4. The first-order valence-electron chi connectivity index (χ1n) is 7.40. The topological polar surface area (TPSA) is 84.9 Å². The van der Waals surface area contributed by atoms with Crippen LogP contribution in [-0.2, 0) is 14.8 Å². The van der Waals surface area contributed by atoms with Gasteiger partial charge in [-0.2, -0.15) is 0 Å². The van der Waals surface area contributed by atoms with Gasteiger partial charge < -0.3 is 14.8 Å². The highest BCUT2D eigenvalue weighted by Crippen LogP contribution is 2.29. The molecule has 0 aliphatic rings. The van der Waals surface area contributed by atoms with Crippen LogP contribution in [0.4, 0.5) is 11.4 Å². The maximum Gasteiger partial charge on any atom is 0.245 e. The van der Waals surface area contributed by atoms with E-state index in [4.69, 9.17) is 9.47 Å². The van der Waals surface area contributed by atoms with Crippen molar-refractivity contribution in [2.24, 2.45) is 0 Å². The molecule has 0 atom stereocenters. The summed E-state index contributed by atoms with van der Waals surface area (Å²) in [6.45, 7) is -0.349. The Morgan fingerprint density at radius 3 is 2.32 bits per heavy atom. The molecule has 134 valence electrons. The average Bonchev–Trinajstić information content (AvgIpc) is 2.59.